The predicted molar refractivity (Wildman–Crippen MR) is 76.7 cm³/mol. The molecule has 0 aliphatic heterocycles. The van der Waals surface area contributed by atoms with E-state index >= 15 is 0 Å². The number of para-hydroxylation sites is 1. The van der Waals surface area contributed by atoms with Gasteiger partial charge >= 0.3 is 0 Å². The molecular formula is C13H13N2O3P. The summed E-state index contributed by atoms with van der Waals surface area (Å²) in [6.45, 7) is 1.95. The summed E-state index contributed by atoms with van der Waals surface area (Å²) in [5, 5.41) is 14.2. The smallest absolute Gasteiger partial charge is 0.269 e. The number of nitro benzene ring substituents is 1. The second-order valence-corrected chi connectivity index (χ2v) is 5.38. The van der Waals surface area contributed by atoms with Gasteiger partial charge in [-0.2, -0.15) is 0 Å². The molecule has 98 valence electrons. The fourth-order valence-electron chi connectivity index (χ4n) is 1.59. The molecule has 0 saturated carbocycles. The van der Waals surface area contributed by atoms with Crippen LogP contribution in [0, 0.1) is 17.0 Å². The van der Waals surface area contributed by atoms with E-state index in [9.17, 15) is 15.0 Å². The summed E-state index contributed by atoms with van der Waals surface area (Å²) < 4.78 is 0. The van der Waals surface area contributed by atoms with Crippen molar-refractivity contribution in [3.8, 4) is 0 Å². The molecule has 0 bridgehead atoms. The van der Waals surface area contributed by atoms with E-state index in [2.05, 4.69) is 5.09 Å². The molecule has 0 amide bonds. The zero-order valence-electron chi connectivity index (χ0n) is 10.3. The number of nitro groups is 1. The summed E-state index contributed by atoms with van der Waals surface area (Å²) in [5.74, 6) is 0. The van der Waals surface area contributed by atoms with Crippen LogP contribution in [0.1, 0.15) is 5.56 Å². The van der Waals surface area contributed by atoms with Gasteiger partial charge in [-0.25, -0.2) is 0 Å². The molecular weight excluding hydrogens is 263 g/mol. The van der Waals surface area contributed by atoms with Gasteiger partial charge in [0.25, 0.3) is 5.69 Å². The Hall–Kier alpha value is -1.97. The van der Waals surface area contributed by atoms with E-state index in [0.717, 1.165) is 11.3 Å². The lowest BCUT2D eigenvalue weighted by atomic mass is 10.2. The first kappa shape index (κ1) is 13.5. The van der Waals surface area contributed by atoms with Crippen LogP contribution in [-0.2, 0) is 0 Å². The van der Waals surface area contributed by atoms with Crippen molar-refractivity contribution in [1.82, 2.24) is 0 Å². The van der Waals surface area contributed by atoms with Gasteiger partial charge in [0.2, 0.25) is 0 Å². The lowest BCUT2D eigenvalue weighted by Crippen LogP contribution is -2.07. The molecule has 0 aliphatic rings. The van der Waals surface area contributed by atoms with Crippen LogP contribution >= 0.6 is 8.30 Å². The van der Waals surface area contributed by atoms with E-state index in [1.165, 1.54) is 12.1 Å². The van der Waals surface area contributed by atoms with Crippen molar-refractivity contribution < 1.29 is 9.82 Å². The number of rotatable bonds is 4. The molecule has 2 rings (SSSR count). The van der Waals surface area contributed by atoms with Crippen molar-refractivity contribution in [2.45, 2.75) is 6.92 Å². The van der Waals surface area contributed by atoms with Crippen LogP contribution in [0.3, 0.4) is 0 Å². The third kappa shape index (κ3) is 3.28. The molecule has 2 aromatic rings. The molecule has 6 heteroatoms. The van der Waals surface area contributed by atoms with Gasteiger partial charge in [-0.1, -0.05) is 18.2 Å². The minimum Gasteiger partial charge on any atom is -0.351 e. The van der Waals surface area contributed by atoms with Gasteiger partial charge in [-0.3, -0.25) is 10.1 Å². The van der Waals surface area contributed by atoms with Gasteiger partial charge < -0.3 is 9.98 Å². The SMILES string of the molecule is Cc1ccccc1NP(O)c1ccc([N+](=O)[O-])cc1. The van der Waals surface area contributed by atoms with Crippen molar-refractivity contribution in [1.29, 1.82) is 0 Å². The zero-order chi connectivity index (χ0) is 13.8. The Labute approximate surface area is 111 Å². The monoisotopic (exact) mass is 276 g/mol. The molecule has 2 aromatic carbocycles. The van der Waals surface area contributed by atoms with Gasteiger partial charge in [0.05, 0.1) is 4.92 Å². The molecule has 0 fully saturated rings. The fraction of sp³-hybridized carbons (Fsp3) is 0.0769. The Morgan fingerprint density at radius 2 is 1.79 bits per heavy atom. The summed E-state index contributed by atoms with van der Waals surface area (Å²) in [6.07, 6.45) is 0. The Bertz CT molecular complexity index is 587. The molecule has 0 aromatic heterocycles. The van der Waals surface area contributed by atoms with Crippen LogP contribution < -0.4 is 10.4 Å². The highest BCUT2D eigenvalue weighted by Gasteiger charge is 2.11. The lowest BCUT2D eigenvalue weighted by Gasteiger charge is -2.15. The first-order valence-electron chi connectivity index (χ1n) is 5.63. The predicted octanol–water partition coefficient (Wildman–Crippen LogP) is 2.94. The molecule has 0 heterocycles. The highest BCUT2D eigenvalue weighted by Crippen LogP contribution is 2.32. The van der Waals surface area contributed by atoms with Crippen LogP contribution in [0.15, 0.2) is 48.5 Å². The van der Waals surface area contributed by atoms with Crippen LogP contribution in [0.4, 0.5) is 11.4 Å². The lowest BCUT2D eigenvalue weighted by molar-refractivity contribution is -0.384. The van der Waals surface area contributed by atoms with E-state index in [1.807, 2.05) is 31.2 Å². The normalized spacial score (nSPS) is 11.9. The second-order valence-electron chi connectivity index (χ2n) is 4.01. The number of benzene rings is 2. The first-order chi connectivity index (χ1) is 9.08. The molecule has 5 nitrogen and oxygen atoms in total. The second kappa shape index (κ2) is 5.78. The van der Waals surface area contributed by atoms with E-state index in [4.69, 9.17) is 0 Å². The maximum absolute atomic E-state index is 10.6. The van der Waals surface area contributed by atoms with Gasteiger partial charge in [0, 0.05) is 23.1 Å². The number of anilines is 1. The molecule has 0 aliphatic carbocycles. The van der Waals surface area contributed by atoms with Crippen molar-refractivity contribution in [3.05, 3.63) is 64.2 Å². The molecule has 2 N–H and O–H groups in total. The number of nitrogens with one attached hydrogen (secondary N) is 1. The van der Waals surface area contributed by atoms with E-state index in [-0.39, 0.29) is 5.69 Å². The number of aryl methyl sites for hydroxylation is 1. The standard InChI is InChI=1S/C13H13N2O3P/c1-10-4-2-3-5-13(10)14-19(18)12-8-6-11(7-9-12)15(16)17/h2-9,14,18H,1H3. The van der Waals surface area contributed by atoms with Crippen molar-refractivity contribution in [2.24, 2.45) is 0 Å². The fourth-order valence-corrected chi connectivity index (χ4v) is 2.63. The first-order valence-corrected chi connectivity index (χ1v) is 6.93. The summed E-state index contributed by atoms with van der Waals surface area (Å²) in [4.78, 5) is 20.2. The Morgan fingerprint density at radius 1 is 1.16 bits per heavy atom. The largest absolute Gasteiger partial charge is 0.351 e. The maximum Gasteiger partial charge on any atom is 0.269 e. The topological polar surface area (TPSA) is 75.4 Å². The van der Waals surface area contributed by atoms with Gasteiger partial charge in [0.1, 0.15) is 0 Å². The summed E-state index contributed by atoms with van der Waals surface area (Å²) >= 11 is 0. The van der Waals surface area contributed by atoms with Crippen LogP contribution in [0.2, 0.25) is 0 Å². The van der Waals surface area contributed by atoms with Crippen molar-refractivity contribution in [2.75, 3.05) is 5.09 Å². The summed E-state index contributed by atoms with van der Waals surface area (Å²) in [5.41, 5.74) is 1.91. The van der Waals surface area contributed by atoms with Gasteiger partial charge in [-0.15, -0.1) is 0 Å². The minimum atomic E-state index is -1.57. The van der Waals surface area contributed by atoms with Crippen LogP contribution in [-0.4, -0.2) is 9.82 Å². The molecule has 1 unspecified atom stereocenters. The molecule has 0 spiro atoms. The van der Waals surface area contributed by atoms with Crippen molar-refractivity contribution >= 4 is 25.0 Å². The van der Waals surface area contributed by atoms with Crippen molar-refractivity contribution in [3.63, 3.8) is 0 Å². The molecule has 19 heavy (non-hydrogen) atoms. The zero-order valence-corrected chi connectivity index (χ0v) is 11.2. The van der Waals surface area contributed by atoms with E-state index in [1.54, 1.807) is 12.1 Å². The number of non-ortho nitro benzene ring substituents is 1. The minimum absolute atomic E-state index is 0.0167. The maximum atomic E-state index is 10.6. The average molecular weight is 276 g/mol. The Kier molecular flexibility index (Phi) is 4.10. The average Bonchev–Trinajstić information content (AvgIpc) is 2.41. The number of hydrogen-bond donors (Lipinski definition) is 2. The van der Waals surface area contributed by atoms with Crippen LogP contribution in [0.5, 0.6) is 0 Å². The Morgan fingerprint density at radius 3 is 2.37 bits per heavy atom. The van der Waals surface area contributed by atoms with Crippen LogP contribution in [0.25, 0.3) is 0 Å². The quantitative estimate of drug-likeness (QED) is 0.511. The summed E-state index contributed by atoms with van der Waals surface area (Å²) in [7, 11) is -1.57. The number of nitrogens with zero attached hydrogens (tertiary/aromatic N) is 1. The number of hydrogen-bond acceptors (Lipinski definition) is 4. The van der Waals surface area contributed by atoms with Gasteiger partial charge in [0.15, 0.2) is 8.30 Å². The summed E-state index contributed by atoms with van der Waals surface area (Å²) in [6, 6.07) is 13.5. The highest BCUT2D eigenvalue weighted by atomic mass is 31.2. The molecule has 0 radical (unpaired) electrons. The highest BCUT2D eigenvalue weighted by molar-refractivity contribution is 7.61. The third-order valence-corrected chi connectivity index (χ3v) is 3.92. The molecule has 0 saturated heterocycles. The third-order valence-electron chi connectivity index (χ3n) is 2.68. The Balaban J connectivity index is 2.14. The van der Waals surface area contributed by atoms with Gasteiger partial charge in [-0.05, 0) is 30.7 Å². The molecule has 1 atom stereocenters. The van der Waals surface area contributed by atoms with E-state index < -0.39 is 13.2 Å². The van der Waals surface area contributed by atoms with E-state index in [0.29, 0.717) is 5.30 Å².